The highest BCUT2D eigenvalue weighted by molar-refractivity contribution is 4.81. The van der Waals surface area contributed by atoms with Crippen LogP contribution in [0.4, 0.5) is 0 Å². The predicted molar refractivity (Wildman–Crippen MR) is 70.0 cm³/mol. The van der Waals surface area contributed by atoms with E-state index in [0.717, 1.165) is 6.54 Å². The van der Waals surface area contributed by atoms with Crippen LogP contribution in [0.15, 0.2) is 0 Å². The van der Waals surface area contributed by atoms with Gasteiger partial charge in [0.15, 0.2) is 0 Å². The van der Waals surface area contributed by atoms with Crippen LogP contribution in [0.1, 0.15) is 32.1 Å². The second kappa shape index (κ2) is 8.86. The van der Waals surface area contributed by atoms with Crippen LogP contribution in [0.3, 0.4) is 0 Å². The van der Waals surface area contributed by atoms with Crippen molar-refractivity contribution in [1.29, 1.82) is 0 Å². The zero-order chi connectivity index (χ0) is 12.5. The van der Waals surface area contributed by atoms with E-state index < -0.39 is 0 Å². The van der Waals surface area contributed by atoms with Crippen molar-refractivity contribution < 1.29 is 10.2 Å². The van der Waals surface area contributed by atoms with E-state index in [0.29, 0.717) is 25.0 Å². The normalized spacial score (nSPS) is 26.1. The molecule has 1 aliphatic carbocycles. The van der Waals surface area contributed by atoms with Crippen molar-refractivity contribution in [2.75, 3.05) is 39.9 Å². The van der Waals surface area contributed by atoms with Crippen molar-refractivity contribution in [3.8, 4) is 0 Å². The molecule has 2 atom stereocenters. The molecule has 0 aromatic rings. The Morgan fingerprint density at radius 2 is 1.71 bits per heavy atom. The Kier molecular flexibility index (Phi) is 7.77. The lowest BCUT2D eigenvalue weighted by atomic mass is 9.94. The second-order valence-corrected chi connectivity index (χ2v) is 5.04. The van der Waals surface area contributed by atoms with E-state index in [9.17, 15) is 0 Å². The Hall–Kier alpha value is -0.160. The van der Waals surface area contributed by atoms with Gasteiger partial charge in [-0.1, -0.05) is 19.3 Å². The summed E-state index contributed by atoms with van der Waals surface area (Å²) in [5.74, 6) is 0.653. The topological polar surface area (TPSA) is 55.7 Å². The summed E-state index contributed by atoms with van der Waals surface area (Å²) in [6.45, 7) is 2.70. The number of hydrogen-bond donors (Lipinski definition) is 3. The predicted octanol–water partition coefficient (Wildman–Crippen LogP) is 0.441. The van der Waals surface area contributed by atoms with Crippen LogP contribution in [0.5, 0.6) is 0 Å². The molecule has 0 saturated heterocycles. The van der Waals surface area contributed by atoms with Crippen LogP contribution >= 0.6 is 0 Å². The molecule has 0 bridgehead atoms. The number of aliphatic hydroxyl groups excluding tert-OH is 2. The monoisotopic (exact) mass is 244 g/mol. The highest BCUT2D eigenvalue weighted by Gasteiger charge is 2.24. The molecule has 1 saturated carbocycles. The van der Waals surface area contributed by atoms with Crippen LogP contribution < -0.4 is 5.32 Å². The van der Waals surface area contributed by atoms with Gasteiger partial charge in [-0.25, -0.2) is 0 Å². The molecule has 0 amide bonds. The van der Waals surface area contributed by atoms with Crippen LogP contribution in [0.2, 0.25) is 0 Å². The van der Waals surface area contributed by atoms with Crippen molar-refractivity contribution in [2.24, 2.45) is 5.92 Å². The van der Waals surface area contributed by atoms with Crippen molar-refractivity contribution in [1.82, 2.24) is 10.2 Å². The van der Waals surface area contributed by atoms with Gasteiger partial charge in [0.25, 0.3) is 0 Å². The average molecular weight is 244 g/mol. The van der Waals surface area contributed by atoms with Gasteiger partial charge in [0.2, 0.25) is 0 Å². The van der Waals surface area contributed by atoms with E-state index in [1.165, 1.54) is 32.1 Å². The van der Waals surface area contributed by atoms with Crippen LogP contribution in [-0.2, 0) is 0 Å². The highest BCUT2D eigenvalue weighted by atomic mass is 16.3. The molecular weight excluding hydrogens is 216 g/mol. The van der Waals surface area contributed by atoms with Crippen molar-refractivity contribution in [3.05, 3.63) is 0 Å². The first kappa shape index (κ1) is 14.9. The molecule has 2 unspecified atom stereocenters. The molecule has 0 aromatic carbocycles. The van der Waals surface area contributed by atoms with E-state index >= 15 is 0 Å². The maximum absolute atomic E-state index is 9.03. The fraction of sp³-hybridized carbons (Fsp3) is 1.00. The maximum Gasteiger partial charge on any atom is 0.0558 e. The van der Waals surface area contributed by atoms with Gasteiger partial charge in [0, 0.05) is 25.7 Å². The first-order chi connectivity index (χ1) is 8.31. The third kappa shape index (κ3) is 5.34. The molecule has 1 fully saturated rings. The summed E-state index contributed by atoms with van der Waals surface area (Å²) in [5, 5.41) is 21.5. The highest BCUT2D eigenvalue weighted by Crippen LogP contribution is 2.24. The fourth-order valence-corrected chi connectivity index (χ4v) is 2.89. The van der Waals surface area contributed by atoms with Crippen molar-refractivity contribution >= 4 is 0 Å². The summed E-state index contributed by atoms with van der Waals surface area (Å²) in [6.07, 6.45) is 6.50. The van der Waals surface area contributed by atoms with Crippen LogP contribution in [0.25, 0.3) is 0 Å². The zero-order valence-corrected chi connectivity index (χ0v) is 11.1. The molecule has 0 radical (unpaired) electrons. The Morgan fingerprint density at radius 1 is 1.06 bits per heavy atom. The molecule has 4 nitrogen and oxygen atoms in total. The smallest absolute Gasteiger partial charge is 0.0558 e. The summed E-state index contributed by atoms with van der Waals surface area (Å²) < 4.78 is 0. The van der Waals surface area contributed by atoms with E-state index in [1.807, 2.05) is 7.05 Å². The quantitative estimate of drug-likeness (QED) is 0.569. The van der Waals surface area contributed by atoms with E-state index in [-0.39, 0.29) is 13.2 Å². The maximum atomic E-state index is 9.03. The van der Waals surface area contributed by atoms with Gasteiger partial charge in [0.05, 0.1) is 13.2 Å². The number of aliphatic hydroxyl groups is 2. The summed E-state index contributed by atoms with van der Waals surface area (Å²) in [6, 6.07) is 0.595. The summed E-state index contributed by atoms with van der Waals surface area (Å²) >= 11 is 0. The third-order valence-electron chi connectivity index (χ3n) is 3.86. The minimum absolute atomic E-state index is 0.178. The number of rotatable bonds is 7. The lowest BCUT2D eigenvalue weighted by Gasteiger charge is -2.30. The van der Waals surface area contributed by atoms with Crippen molar-refractivity contribution in [3.63, 3.8) is 0 Å². The zero-order valence-electron chi connectivity index (χ0n) is 11.1. The molecule has 3 N–H and O–H groups in total. The molecule has 0 aromatic heterocycles. The molecule has 1 rings (SSSR count). The minimum Gasteiger partial charge on any atom is -0.395 e. The summed E-state index contributed by atoms with van der Waals surface area (Å²) in [5.41, 5.74) is 0. The Morgan fingerprint density at radius 3 is 2.29 bits per heavy atom. The van der Waals surface area contributed by atoms with E-state index in [1.54, 1.807) is 0 Å². The van der Waals surface area contributed by atoms with Gasteiger partial charge in [-0.05, 0) is 25.8 Å². The number of hydrogen-bond acceptors (Lipinski definition) is 4. The Balaban J connectivity index is 2.47. The van der Waals surface area contributed by atoms with E-state index in [2.05, 4.69) is 10.2 Å². The first-order valence-electron chi connectivity index (χ1n) is 6.93. The van der Waals surface area contributed by atoms with Gasteiger partial charge in [-0.2, -0.15) is 0 Å². The third-order valence-corrected chi connectivity index (χ3v) is 3.86. The lowest BCUT2D eigenvalue weighted by molar-refractivity contribution is 0.132. The Bertz CT molecular complexity index is 184. The van der Waals surface area contributed by atoms with Gasteiger partial charge in [-0.3, -0.25) is 4.90 Å². The second-order valence-electron chi connectivity index (χ2n) is 5.04. The van der Waals surface area contributed by atoms with Crippen LogP contribution in [-0.4, -0.2) is 61.1 Å². The Labute approximate surface area is 105 Å². The summed E-state index contributed by atoms with van der Waals surface area (Å²) in [4.78, 5) is 2.18. The van der Waals surface area contributed by atoms with Crippen molar-refractivity contribution in [2.45, 2.75) is 38.1 Å². The van der Waals surface area contributed by atoms with Gasteiger partial charge in [-0.15, -0.1) is 0 Å². The minimum atomic E-state index is 0.178. The molecule has 4 heteroatoms. The number of nitrogens with one attached hydrogen (secondary N) is 1. The molecular formula is C13H28N2O2. The molecule has 0 aliphatic heterocycles. The van der Waals surface area contributed by atoms with Gasteiger partial charge in [0.1, 0.15) is 0 Å². The van der Waals surface area contributed by atoms with Gasteiger partial charge < -0.3 is 15.5 Å². The SMILES string of the molecule is CNC1CCCCCC1CN(CCO)CCO. The van der Waals surface area contributed by atoms with E-state index in [4.69, 9.17) is 10.2 Å². The molecule has 17 heavy (non-hydrogen) atoms. The van der Waals surface area contributed by atoms with Crippen LogP contribution in [0, 0.1) is 5.92 Å². The first-order valence-corrected chi connectivity index (χ1v) is 6.93. The summed E-state index contributed by atoms with van der Waals surface area (Å²) in [7, 11) is 2.05. The fourth-order valence-electron chi connectivity index (χ4n) is 2.89. The average Bonchev–Trinajstić information content (AvgIpc) is 2.55. The van der Waals surface area contributed by atoms with Gasteiger partial charge >= 0.3 is 0 Å². The largest absolute Gasteiger partial charge is 0.395 e. The molecule has 0 spiro atoms. The lowest BCUT2D eigenvalue weighted by Crippen LogP contribution is -2.42. The standard InChI is InChI=1S/C13H28N2O2/c1-14-13-6-4-2-3-5-12(13)11-15(7-9-16)8-10-17/h12-14,16-17H,2-11H2,1H3. The molecule has 1 aliphatic rings. The number of nitrogens with zero attached hydrogens (tertiary/aromatic N) is 1. The molecule has 102 valence electrons. The molecule has 0 heterocycles.